The van der Waals surface area contributed by atoms with E-state index in [4.69, 9.17) is 16.3 Å². The van der Waals surface area contributed by atoms with Gasteiger partial charge in [-0.2, -0.15) is 5.10 Å². The smallest absolute Gasteiger partial charge is 0.304 e. The van der Waals surface area contributed by atoms with Crippen molar-refractivity contribution in [1.82, 2.24) is 14.8 Å². The first-order valence-electron chi connectivity index (χ1n) is 10.5. The minimum Gasteiger partial charge on any atom is -0.489 e. The SMILES string of the molecule is Cc1ccc(Cl)cc1-c1cccc(COc2ccc([C@H](CC(=O)O)c3ncnn3C)cc2)c1. The molecule has 0 saturated carbocycles. The van der Waals surface area contributed by atoms with E-state index in [2.05, 4.69) is 29.1 Å². The molecule has 1 N–H and O–H groups in total. The molecular formula is C26H24ClN3O3. The third kappa shape index (κ3) is 5.41. The number of rotatable bonds is 8. The average Bonchev–Trinajstić information content (AvgIpc) is 3.23. The number of aromatic nitrogens is 3. The van der Waals surface area contributed by atoms with Gasteiger partial charge in [-0.3, -0.25) is 9.48 Å². The third-order valence-corrected chi connectivity index (χ3v) is 5.80. The fourth-order valence-electron chi connectivity index (χ4n) is 3.85. The summed E-state index contributed by atoms with van der Waals surface area (Å²) in [6.45, 7) is 2.48. The quantitative estimate of drug-likeness (QED) is 0.368. The van der Waals surface area contributed by atoms with Gasteiger partial charge in [-0.25, -0.2) is 4.98 Å². The van der Waals surface area contributed by atoms with Crippen LogP contribution in [0.4, 0.5) is 0 Å². The molecule has 1 aromatic heterocycles. The molecule has 0 aliphatic carbocycles. The number of carboxylic acid groups (broad SMARTS) is 1. The number of halogens is 1. The summed E-state index contributed by atoms with van der Waals surface area (Å²) in [6, 6.07) is 21.5. The molecule has 1 atom stereocenters. The zero-order chi connectivity index (χ0) is 23.4. The third-order valence-electron chi connectivity index (χ3n) is 5.56. The maximum atomic E-state index is 11.4. The fourth-order valence-corrected chi connectivity index (χ4v) is 4.02. The summed E-state index contributed by atoms with van der Waals surface area (Å²) in [6.07, 6.45) is 1.36. The van der Waals surface area contributed by atoms with E-state index in [1.165, 1.54) is 6.33 Å². The molecule has 0 fully saturated rings. The minimum atomic E-state index is -0.891. The van der Waals surface area contributed by atoms with E-state index in [1.807, 2.05) is 54.6 Å². The van der Waals surface area contributed by atoms with Crippen LogP contribution < -0.4 is 4.74 Å². The lowest BCUT2D eigenvalue weighted by atomic mass is 9.95. The first-order chi connectivity index (χ1) is 15.9. The van der Waals surface area contributed by atoms with Gasteiger partial charge in [0.1, 0.15) is 24.5 Å². The van der Waals surface area contributed by atoms with E-state index in [0.717, 1.165) is 27.8 Å². The van der Waals surface area contributed by atoms with Gasteiger partial charge in [0.15, 0.2) is 0 Å². The second-order valence-electron chi connectivity index (χ2n) is 7.91. The Hall–Kier alpha value is -3.64. The molecule has 0 unspecified atom stereocenters. The predicted molar refractivity (Wildman–Crippen MR) is 127 cm³/mol. The van der Waals surface area contributed by atoms with E-state index in [-0.39, 0.29) is 12.3 Å². The Kier molecular flexibility index (Phi) is 6.75. The summed E-state index contributed by atoms with van der Waals surface area (Å²) in [4.78, 5) is 15.6. The zero-order valence-corrected chi connectivity index (χ0v) is 19.2. The number of hydrogen-bond acceptors (Lipinski definition) is 4. The van der Waals surface area contributed by atoms with E-state index in [9.17, 15) is 9.90 Å². The highest BCUT2D eigenvalue weighted by atomic mass is 35.5. The molecule has 7 heteroatoms. The Morgan fingerprint density at radius 1 is 1.12 bits per heavy atom. The molecule has 4 aromatic rings. The monoisotopic (exact) mass is 461 g/mol. The number of hydrogen-bond donors (Lipinski definition) is 1. The van der Waals surface area contributed by atoms with Crippen LogP contribution in [0.1, 0.15) is 34.9 Å². The van der Waals surface area contributed by atoms with Crippen molar-refractivity contribution in [2.75, 3.05) is 0 Å². The molecule has 33 heavy (non-hydrogen) atoms. The fraction of sp³-hybridized carbons (Fsp3) is 0.192. The summed E-state index contributed by atoms with van der Waals surface area (Å²) >= 11 is 6.19. The zero-order valence-electron chi connectivity index (χ0n) is 18.4. The van der Waals surface area contributed by atoms with Crippen LogP contribution in [0.15, 0.2) is 73.1 Å². The molecule has 4 rings (SSSR count). The van der Waals surface area contributed by atoms with Gasteiger partial charge in [-0.15, -0.1) is 0 Å². The summed E-state index contributed by atoms with van der Waals surface area (Å²) in [7, 11) is 1.76. The lowest BCUT2D eigenvalue weighted by Gasteiger charge is -2.15. The number of carboxylic acids is 1. The number of aryl methyl sites for hydroxylation is 2. The van der Waals surface area contributed by atoms with Crippen LogP contribution in [-0.4, -0.2) is 25.8 Å². The number of carbonyl (C=O) groups is 1. The molecular weight excluding hydrogens is 438 g/mol. The van der Waals surface area contributed by atoms with Gasteiger partial charge in [0.2, 0.25) is 0 Å². The predicted octanol–water partition coefficient (Wildman–Crippen LogP) is 5.63. The van der Waals surface area contributed by atoms with Crippen LogP contribution in [0.2, 0.25) is 5.02 Å². The normalized spacial score (nSPS) is 11.8. The molecule has 0 radical (unpaired) electrons. The summed E-state index contributed by atoms with van der Waals surface area (Å²) in [5.74, 6) is 0.0362. The maximum absolute atomic E-state index is 11.4. The van der Waals surface area contributed by atoms with Gasteiger partial charge >= 0.3 is 5.97 Å². The topological polar surface area (TPSA) is 77.2 Å². The first-order valence-corrected chi connectivity index (χ1v) is 10.9. The number of benzene rings is 3. The summed E-state index contributed by atoms with van der Waals surface area (Å²) in [5, 5.41) is 14.1. The highest BCUT2D eigenvalue weighted by molar-refractivity contribution is 6.30. The lowest BCUT2D eigenvalue weighted by Crippen LogP contribution is -2.13. The molecule has 3 aromatic carbocycles. The van der Waals surface area contributed by atoms with Crippen molar-refractivity contribution in [2.24, 2.45) is 7.05 Å². The Bertz CT molecular complexity index is 1270. The second-order valence-corrected chi connectivity index (χ2v) is 8.35. The van der Waals surface area contributed by atoms with Crippen LogP contribution >= 0.6 is 11.6 Å². The van der Waals surface area contributed by atoms with Crippen LogP contribution in [0, 0.1) is 6.92 Å². The molecule has 0 spiro atoms. The van der Waals surface area contributed by atoms with E-state index in [1.54, 1.807) is 11.7 Å². The van der Waals surface area contributed by atoms with E-state index >= 15 is 0 Å². The molecule has 0 aliphatic heterocycles. The molecule has 1 heterocycles. The molecule has 0 amide bonds. The van der Waals surface area contributed by atoms with Gasteiger partial charge in [0, 0.05) is 12.1 Å². The van der Waals surface area contributed by atoms with E-state index in [0.29, 0.717) is 23.2 Å². The average molecular weight is 462 g/mol. The van der Waals surface area contributed by atoms with Crippen LogP contribution in [-0.2, 0) is 18.4 Å². The van der Waals surface area contributed by atoms with Gasteiger partial charge in [-0.1, -0.05) is 48.0 Å². The molecule has 0 aliphatic rings. The highest BCUT2D eigenvalue weighted by Gasteiger charge is 2.22. The van der Waals surface area contributed by atoms with Crippen molar-refractivity contribution in [1.29, 1.82) is 0 Å². The minimum absolute atomic E-state index is 0.0670. The Morgan fingerprint density at radius 3 is 2.61 bits per heavy atom. The Morgan fingerprint density at radius 2 is 1.91 bits per heavy atom. The van der Waals surface area contributed by atoms with Crippen molar-refractivity contribution < 1.29 is 14.6 Å². The van der Waals surface area contributed by atoms with Gasteiger partial charge in [-0.05, 0) is 65.1 Å². The molecule has 6 nitrogen and oxygen atoms in total. The Balaban J connectivity index is 1.48. The van der Waals surface area contributed by atoms with Crippen molar-refractivity contribution in [3.8, 4) is 16.9 Å². The van der Waals surface area contributed by atoms with Crippen molar-refractivity contribution >= 4 is 17.6 Å². The standard InChI is InChI=1S/C26H24ClN3O3/c1-17-6-9-21(27)13-23(17)20-5-3-4-18(12-20)15-33-22-10-7-19(8-11-22)24(14-25(31)32)26-28-16-29-30(26)2/h3-13,16,24H,14-15H2,1-2H3,(H,31,32)/t24-/m0/s1. The van der Waals surface area contributed by atoms with Gasteiger partial charge in [0.05, 0.1) is 12.3 Å². The van der Waals surface area contributed by atoms with Gasteiger partial charge < -0.3 is 9.84 Å². The number of ether oxygens (including phenoxy) is 1. The molecule has 0 saturated heterocycles. The van der Waals surface area contributed by atoms with Crippen molar-refractivity contribution in [2.45, 2.75) is 25.9 Å². The summed E-state index contributed by atoms with van der Waals surface area (Å²) in [5.41, 5.74) is 5.23. The maximum Gasteiger partial charge on any atom is 0.304 e. The summed E-state index contributed by atoms with van der Waals surface area (Å²) < 4.78 is 7.60. The number of aliphatic carboxylic acids is 1. The van der Waals surface area contributed by atoms with E-state index < -0.39 is 5.97 Å². The van der Waals surface area contributed by atoms with Crippen molar-refractivity contribution in [3.63, 3.8) is 0 Å². The first kappa shape index (κ1) is 22.6. The molecule has 0 bridgehead atoms. The van der Waals surface area contributed by atoms with Crippen LogP contribution in [0.5, 0.6) is 5.75 Å². The van der Waals surface area contributed by atoms with Gasteiger partial charge in [0.25, 0.3) is 0 Å². The van der Waals surface area contributed by atoms with Crippen molar-refractivity contribution in [3.05, 3.63) is 101 Å². The molecule has 168 valence electrons. The second kappa shape index (κ2) is 9.88. The Labute approximate surface area is 197 Å². The number of nitrogens with zero attached hydrogens (tertiary/aromatic N) is 3. The lowest BCUT2D eigenvalue weighted by molar-refractivity contribution is -0.137. The van der Waals surface area contributed by atoms with Crippen LogP contribution in [0.3, 0.4) is 0 Å². The highest BCUT2D eigenvalue weighted by Crippen LogP contribution is 2.29. The largest absolute Gasteiger partial charge is 0.489 e. The van der Waals surface area contributed by atoms with Crippen LogP contribution in [0.25, 0.3) is 11.1 Å².